The molecule has 5 atom stereocenters. The Kier molecular flexibility index (Phi) is 47.7. The first-order valence-electron chi connectivity index (χ1n) is 37.1. The number of hydrogen-bond acceptors (Lipinski definition) is 8. The van der Waals surface area contributed by atoms with Gasteiger partial charge in [-0.3, -0.25) is 4.90 Å². The molecular weight excluding hydrogens is 1040 g/mol. The van der Waals surface area contributed by atoms with Crippen molar-refractivity contribution < 1.29 is 28.5 Å². The van der Waals surface area contributed by atoms with Crippen LogP contribution in [0, 0.1) is 29.1 Å². The van der Waals surface area contributed by atoms with Crippen molar-refractivity contribution in [2.45, 2.75) is 324 Å². The van der Waals surface area contributed by atoms with Gasteiger partial charge in [0.05, 0.1) is 46.2 Å². The normalized spacial score (nSPS) is 20.6. The second kappa shape index (κ2) is 52.2. The van der Waals surface area contributed by atoms with Crippen molar-refractivity contribution in [1.82, 2.24) is 9.80 Å². The number of rotatable bonds is 58. The number of carbonyl (C=O) groups is 1. The molecule has 8 heteroatoms. The van der Waals surface area contributed by atoms with Gasteiger partial charge in [-0.15, -0.1) is 0 Å². The number of allylic oxidation sites excluding steroid dienone is 4. The van der Waals surface area contributed by atoms with Crippen molar-refractivity contribution in [1.29, 1.82) is 0 Å². The Bertz CT molecular complexity index is 1590. The van der Waals surface area contributed by atoms with E-state index < -0.39 is 0 Å². The average Bonchev–Trinajstić information content (AvgIpc) is 2.27. The van der Waals surface area contributed by atoms with Crippen LogP contribution in [0.3, 0.4) is 0 Å². The number of hydrogen-bond donors (Lipinski definition) is 0. The standard InChI is InChI=1S/C76H142N2O6/c1-9-12-15-18-21-24-26-29-32-34-37-52-77(53-38-35-33-30-27-25-22-19-16-13-10-2)55-58-80-61-62-81-59-56-78(54-39-36-31-28-23-20-17-14-11-3)57-60-82-63-64-83-66-75(79)84-72-48-45-68(6)71(65-72)47-46-70-44-41-51-76(8)73(49-50-74(70)76)69(7)43-40-42-67(4)5/h46-47,67,69,72-74H,6,9-45,48-66H2,1-5,7-8H3/b70-46+,71-47-/t69-,72-,73-,74?,76-/m1/s1. The third-order valence-electron chi connectivity index (χ3n) is 20.0. The zero-order valence-corrected chi connectivity index (χ0v) is 57.2. The van der Waals surface area contributed by atoms with Crippen molar-refractivity contribution in [3.05, 3.63) is 35.5 Å². The van der Waals surface area contributed by atoms with E-state index in [9.17, 15) is 4.79 Å². The molecule has 0 spiro atoms. The number of carbonyl (C=O) groups excluding carboxylic acids is 1. The van der Waals surface area contributed by atoms with E-state index in [0.717, 1.165) is 69.8 Å². The van der Waals surface area contributed by atoms with Crippen LogP contribution in [0.4, 0.5) is 0 Å². The molecule has 3 aliphatic rings. The van der Waals surface area contributed by atoms with Gasteiger partial charge in [-0.1, -0.05) is 277 Å². The number of unbranched alkanes of at least 4 members (excludes halogenated alkanes) is 28. The molecule has 8 nitrogen and oxygen atoms in total. The first kappa shape index (κ1) is 76.7. The van der Waals surface area contributed by atoms with Crippen LogP contribution in [0.25, 0.3) is 0 Å². The molecule has 3 fully saturated rings. The highest BCUT2D eigenvalue weighted by Gasteiger charge is 2.50. The molecule has 0 aliphatic heterocycles. The summed E-state index contributed by atoms with van der Waals surface area (Å²) in [5, 5.41) is 0. The van der Waals surface area contributed by atoms with E-state index in [-0.39, 0.29) is 18.7 Å². The molecule has 0 heterocycles. The molecule has 3 rings (SSSR count). The maximum atomic E-state index is 13.0. The molecule has 3 saturated carbocycles. The van der Waals surface area contributed by atoms with Crippen molar-refractivity contribution in [2.24, 2.45) is 29.1 Å². The monoisotopic (exact) mass is 1180 g/mol. The van der Waals surface area contributed by atoms with Gasteiger partial charge in [0.25, 0.3) is 0 Å². The minimum Gasteiger partial charge on any atom is -0.460 e. The zero-order chi connectivity index (χ0) is 60.4. The van der Waals surface area contributed by atoms with Crippen LogP contribution in [-0.4, -0.2) is 114 Å². The number of ether oxygens (including phenoxy) is 5. The third kappa shape index (κ3) is 37.4. The molecule has 0 aromatic heterocycles. The average molecular weight is 1180 g/mol. The van der Waals surface area contributed by atoms with E-state index in [0.29, 0.717) is 51.0 Å². The van der Waals surface area contributed by atoms with Gasteiger partial charge in [0.1, 0.15) is 12.7 Å². The van der Waals surface area contributed by atoms with Gasteiger partial charge >= 0.3 is 5.97 Å². The van der Waals surface area contributed by atoms with Crippen LogP contribution < -0.4 is 0 Å². The van der Waals surface area contributed by atoms with Crippen molar-refractivity contribution in [2.75, 3.05) is 92.1 Å². The minimum absolute atomic E-state index is 0.0376. The maximum Gasteiger partial charge on any atom is 0.332 e. The van der Waals surface area contributed by atoms with E-state index in [2.05, 4.69) is 77.0 Å². The Morgan fingerprint density at radius 1 is 0.512 bits per heavy atom. The summed E-state index contributed by atoms with van der Waals surface area (Å²) >= 11 is 0. The van der Waals surface area contributed by atoms with Crippen LogP contribution in [0.2, 0.25) is 0 Å². The lowest BCUT2D eigenvalue weighted by molar-refractivity contribution is -0.155. The van der Waals surface area contributed by atoms with Gasteiger partial charge in [-0.2, -0.15) is 0 Å². The van der Waals surface area contributed by atoms with Gasteiger partial charge in [0.2, 0.25) is 0 Å². The third-order valence-corrected chi connectivity index (χ3v) is 20.0. The fourth-order valence-corrected chi connectivity index (χ4v) is 14.6. The molecule has 3 aliphatic carbocycles. The van der Waals surface area contributed by atoms with Crippen molar-refractivity contribution in [3.63, 3.8) is 0 Å². The first-order chi connectivity index (χ1) is 41.1. The van der Waals surface area contributed by atoms with Gasteiger partial charge < -0.3 is 28.6 Å². The van der Waals surface area contributed by atoms with Crippen LogP contribution in [0.15, 0.2) is 35.5 Å². The number of fused-ring (bicyclic) bond motifs is 1. The zero-order valence-electron chi connectivity index (χ0n) is 57.2. The fraction of sp³-hybridized carbons (Fsp3) is 0.908. The molecule has 492 valence electrons. The fourth-order valence-electron chi connectivity index (χ4n) is 14.6. The Morgan fingerprint density at radius 3 is 1.39 bits per heavy atom. The first-order valence-corrected chi connectivity index (χ1v) is 37.1. The predicted molar refractivity (Wildman–Crippen MR) is 361 cm³/mol. The van der Waals surface area contributed by atoms with Gasteiger partial charge in [-0.25, -0.2) is 4.79 Å². The Hall–Kier alpha value is -1.55. The summed E-state index contributed by atoms with van der Waals surface area (Å²) in [4.78, 5) is 18.2. The largest absolute Gasteiger partial charge is 0.460 e. The minimum atomic E-state index is -0.281. The summed E-state index contributed by atoms with van der Waals surface area (Å²) < 4.78 is 30.3. The van der Waals surface area contributed by atoms with Crippen molar-refractivity contribution in [3.8, 4) is 0 Å². The van der Waals surface area contributed by atoms with Gasteiger partial charge in [0.15, 0.2) is 0 Å². The summed E-state index contributed by atoms with van der Waals surface area (Å²) in [7, 11) is 0. The van der Waals surface area contributed by atoms with Crippen LogP contribution in [0.5, 0.6) is 0 Å². The van der Waals surface area contributed by atoms with E-state index in [4.69, 9.17) is 23.7 Å². The number of esters is 1. The van der Waals surface area contributed by atoms with E-state index in [1.54, 1.807) is 5.57 Å². The second-order valence-electron chi connectivity index (χ2n) is 27.8. The molecule has 0 bridgehead atoms. The molecule has 0 saturated heterocycles. The summed E-state index contributed by atoms with van der Waals surface area (Å²) in [5.74, 6) is 2.85. The maximum absolute atomic E-state index is 13.0. The second-order valence-corrected chi connectivity index (χ2v) is 27.8. The molecule has 0 radical (unpaired) electrons. The molecule has 1 unspecified atom stereocenters. The predicted octanol–water partition coefficient (Wildman–Crippen LogP) is 21.0. The lowest BCUT2D eigenvalue weighted by Crippen LogP contribution is -2.36. The number of nitrogens with zero attached hydrogens (tertiary/aromatic N) is 2. The summed E-state index contributed by atoms with van der Waals surface area (Å²) in [6, 6.07) is 0. The quantitative estimate of drug-likeness (QED) is 0.0441. The summed E-state index contributed by atoms with van der Waals surface area (Å²) in [6.07, 6.45) is 60.5. The molecule has 0 amide bonds. The summed E-state index contributed by atoms with van der Waals surface area (Å²) in [6.45, 7) is 31.8. The Labute approximate surface area is 522 Å². The molecular formula is C76H142N2O6. The lowest BCUT2D eigenvalue weighted by Gasteiger charge is -2.44. The van der Waals surface area contributed by atoms with E-state index >= 15 is 0 Å². The molecule has 0 aromatic rings. The van der Waals surface area contributed by atoms with Gasteiger partial charge in [0, 0.05) is 26.1 Å². The highest BCUT2D eigenvalue weighted by atomic mass is 16.6. The Balaban J connectivity index is 1.34. The van der Waals surface area contributed by atoms with Gasteiger partial charge in [-0.05, 0) is 119 Å². The topological polar surface area (TPSA) is 69.7 Å². The highest BCUT2D eigenvalue weighted by molar-refractivity contribution is 5.71. The SMILES string of the molecule is C=C1CC[C@@H](OC(=O)COCCOCCN(CCCCCCCCCCC)CCOCCOCCN(CCCCCCCCCCCCC)CCCCCCCCCCCCC)C/C1=C/C=C1\CCC[C@@]2(C)C1CC[C@@H]2[C@H](C)CCCC(C)C. The van der Waals surface area contributed by atoms with E-state index in [1.165, 1.54) is 275 Å². The molecule has 0 N–H and O–H groups in total. The Morgan fingerprint density at radius 2 is 0.940 bits per heavy atom. The van der Waals surface area contributed by atoms with Crippen LogP contribution in [0.1, 0.15) is 318 Å². The van der Waals surface area contributed by atoms with Crippen LogP contribution >= 0.6 is 0 Å². The molecule has 0 aromatic carbocycles. The molecule has 84 heavy (non-hydrogen) atoms. The summed E-state index contributed by atoms with van der Waals surface area (Å²) in [5.41, 5.74) is 4.51. The van der Waals surface area contributed by atoms with Crippen LogP contribution in [-0.2, 0) is 28.5 Å². The smallest absolute Gasteiger partial charge is 0.332 e. The van der Waals surface area contributed by atoms with E-state index in [1.807, 2.05) is 0 Å². The van der Waals surface area contributed by atoms with Crippen molar-refractivity contribution >= 4 is 5.97 Å². The lowest BCUT2D eigenvalue weighted by atomic mass is 9.60. The highest BCUT2D eigenvalue weighted by Crippen LogP contribution is 2.60.